The monoisotopic (exact) mass is 430 g/mol. The van der Waals surface area contributed by atoms with Gasteiger partial charge >= 0.3 is 0 Å². The van der Waals surface area contributed by atoms with Crippen molar-refractivity contribution in [1.82, 2.24) is 19.6 Å². The topological polar surface area (TPSA) is 52.7 Å². The normalized spacial score (nSPS) is 11.5. The van der Waals surface area contributed by atoms with Gasteiger partial charge in [0.05, 0.1) is 34.2 Å². The smallest absolute Gasteiger partial charge is 0.265 e. The molecule has 0 amide bonds. The highest BCUT2D eigenvalue weighted by Gasteiger charge is 2.19. The van der Waals surface area contributed by atoms with Gasteiger partial charge in [-0.15, -0.1) is 0 Å². The molecule has 0 N–H and O–H groups in total. The molecule has 0 radical (unpaired) electrons. The van der Waals surface area contributed by atoms with Crippen LogP contribution in [0.5, 0.6) is 0 Å². The van der Waals surface area contributed by atoms with Gasteiger partial charge in [-0.25, -0.2) is 13.8 Å². The number of nitrogens with zero attached hydrogens (tertiary/aromatic N) is 4. The van der Waals surface area contributed by atoms with Crippen LogP contribution in [0.15, 0.2) is 53.5 Å². The number of hydrogen-bond donors (Lipinski definition) is 0. The van der Waals surface area contributed by atoms with Crippen molar-refractivity contribution < 1.29 is 4.39 Å². The summed E-state index contributed by atoms with van der Waals surface area (Å²) in [5, 5.41) is 10.5. The summed E-state index contributed by atoms with van der Waals surface area (Å²) >= 11 is 12.1. The molecule has 0 spiro atoms. The first-order valence-corrected chi connectivity index (χ1v) is 9.79. The van der Waals surface area contributed by atoms with Gasteiger partial charge in [0.1, 0.15) is 11.3 Å². The van der Waals surface area contributed by atoms with Crippen molar-refractivity contribution in [3.63, 3.8) is 0 Å². The van der Waals surface area contributed by atoms with Crippen LogP contribution in [0.25, 0.3) is 16.6 Å². The molecule has 4 rings (SSSR count). The first-order valence-electron chi connectivity index (χ1n) is 9.03. The highest BCUT2D eigenvalue weighted by molar-refractivity contribution is 6.42. The molecule has 0 aliphatic heterocycles. The lowest BCUT2D eigenvalue weighted by molar-refractivity contribution is 0.612. The third-order valence-corrected chi connectivity index (χ3v) is 5.38. The Kier molecular flexibility index (Phi) is 5.15. The molecule has 0 aliphatic rings. The summed E-state index contributed by atoms with van der Waals surface area (Å²) in [6.07, 6.45) is 1.63. The number of aromatic nitrogens is 4. The minimum atomic E-state index is -0.355. The van der Waals surface area contributed by atoms with Crippen LogP contribution in [0.1, 0.15) is 31.0 Å². The Morgan fingerprint density at radius 1 is 1.07 bits per heavy atom. The van der Waals surface area contributed by atoms with E-state index in [1.165, 1.54) is 21.5 Å². The van der Waals surface area contributed by atoms with E-state index in [9.17, 15) is 9.18 Å². The Hall–Kier alpha value is -2.70. The Morgan fingerprint density at radius 2 is 1.79 bits per heavy atom. The number of benzene rings is 2. The predicted molar refractivity (Wildman–Crippen MR) is 113 cm³/mol. The van der Waals surface area contributed by atoms with Crippen molar-refractivity contribution in [2.45, 2.75) is 26.3 Å². The van der Waals surface area contributed by atoms with Crippen molar-refractivity contribution in [2.75, 3.05) is 0 Å². The zero-order valence-electron chi connectivity index (χ0n) is 15.7. The second-order valence-corrected chi connectivity index (χ2v) is 7.86. The van der Waals surface area contributed by atoms with Gasteiger partial charge in [-0.3, -0.25) is 4.79 Å². The van der Waals surface area contributed by atoms with Crippen LogP contribution in [0.2, 0.25) is 10.0 Å². The summed E-state index contributed by atoms with van der Waals surface area (Å²) < 4.78 is 16.3. The maximum Gasteiger partial charge on any atom is 0.293 e. The molecule has 0 aliphatic carbocycles. The molecule has 0 unspecified atom stereocenters. The summed E-state index contributed by atoms with van der Waals surface area (Å²) in [4.78, 5) is 13.3. The Bertz CT molecular complexity index is 1260. The lowest BCUT2D eigenvalue weighted by Crippen LogP contribution is -2.27. The Labute approximate surface area is 176 Å². The third-order valence-electron chi connectivity index (χ3n) is 4.65. The van der Waals surface area contributed by atoms with Crippen molar-refractivity contribution >= 4 is 34.1 Å². The molecule has 29 heavy (non-hydrogen) atoms. The zero-order valence-corrected chi connectivity index (χ0v) is 17.2. The van der Waals surface area contributed by atoms with E-state index in [2.05, 4.69) is 10.2 Å². The number of fused-ring (bicyclic) bond motifs is 1. The van der Waals surface area contributed by atoms with Crippen LogP contribution in [0.3, 0.4) is 0 Å². The van der Waals surface area contributed by atoms with Gasteiger partial charge < -0.3 is 0 Å². The van der Waals surface area contributed by atoms with E-state index >= 15 is 0 Å². The molecule has 8 heteroatoms. The number of rotatable bonds is 4. The SMILES string of the molecule is CC(C)c1nn(Cc2ccc(Cl)c(Cl)c2)c(=O)c2c1cnn2-c1ccc(F)cc1. The van der Waals surface area contributed by atoms with Gasteiger partial charge in [-0.2, -0.15) is 10.2 Å². The summed E-state index contributed by atoms with van der Waals surface area (Å²) in [5.41, 5.74) is 2.26. The highest BCUT2D eigenvalue weighted by Crippen LogP contribution is 2.25. The Balaban J connectivity index is 1.92. The van der Waals surface area contributed by atoms with E-state index in [1.54, 1.807) is 36.5 Å². The summed E-state index contributed by atoms with van der Waals surface area (Å²) in [6, 6.07) is 11.0. The van der Waals surface area contributed by atoms with E-state index in [1.807, 2.05) is 13.8 Å². The minimum Gasteiger partial charge on any atom is -0.265 e. The lowest BCUT2D eigenvalue weighted by atomic mass is 10.1. The highest BCUT2D eigenvalue weighted by atomic mass is 35.5. The maximum absolute atomic E-state index is 13.3. The van der Waals surface area contributed by atoms with Gasteiger partial charge in [0.25, 0.3) is 5.56 Å². The lowest BCUT2D eigenvalue weighted by Gasteiger charge is -2.12. The van der Waals surface area contributed by atoms with Crippen LogP contribution in [-0.2, 0) is 6.54 Å². The summed E-state index contributed by atoms with van der Waals surface area (Å²) in [7, 11) is 0. The van der Waals surface area contributed by atoms with Crippen LogP contribution in [-0.4, -0.2) is 19.6 Å². The van der Waals surface area contributed by atoms with Gasteiger partial charge in [-0.1, -0.05) is 43.1 Å². The van der Waals surface area contributed by atoms with Gasteiger partial charge in [-0.05, 0) is 47.9 Å². The quantitative estimate of drug-likeness (QED) is 0.446. The molecule has 2 aromatic carbocycles. The van der Waals surface area contributed by atoms with Crippen molar-refractivity contribution in [3.05, 3.63) is 86.1 Å². The third kappa shape index (κ3) is 3.66. The molecule has 0 saturated heterocycles. The first kappa shape index (κ1) is 19.6. The first-order chi connectivity index (χ1) is 13.8. The largest absolute Gasteiger partial charge is 0.293 e. The van der Waals surface area contributed by atoms with Gasteiger partial charge in [0.2, 0.25) is 0 Å². The molecule has 0 fully saturated rings. The van der Waals surface area contributed by atoms with Crippen molar-refractivity contribution in [2.24, 2.45) is 0 Å². The standard InChI is InChI=1S/C21H17Cl2FN4O/c1-12(2)19-16-10-25-28(15-6-4-14(24)5-7-15)20(16)21(29)27(26-19)11-13-3-8-17(22)18(23)9-13/h3-10,12H,11H2,1-2H3. The summed E-state index contributed by atoms with van der Waals surface area (Å²) in [6.45, 7) is 4.25. The van der Waals surface area contributed by atoms with E-state index < -0.39 is 0 Å². The fourth-order valence-electron chi connectivity index (χ4n) is 3.22. The van der Waals surface area contributed by atoms with E-state index in [-0.39, 0.29) is 23.8 Å². The average Bonchev–Trinajstić information content (AvgIpc) is 3.12. The molecule has 148 valence electrons. The van der Waals surface area contributed by atoms with E-state index in [0.717, 1.165) is 11.3 Å². The molecule has 0 saturated carbocycles. The van der Waals surface area contributed by atoms with E-state index in [0.29, 0.717) is 26.6 Å². The minimum absolute atomic E-state index is 0.0732. The number of hydrogen-bond acceptors (Lipinski definition) is 3. The average molecular weight is 431 g/mol. The van der Waals surface area contributed by atoms with Crippen LogP contribution < -0.4 is 5.56 Å². The fourth-order valence-corrected chi connectivity index (χ4v) is 3.54. The fraction of sp³-hybridized carbons (Fsp3) is 0.190. The summed E-state index contributed by atoms with van der Waals surface area (Å²) in [5.74, 6) is -0.282. The second kappa shape index (κ2) is 7.61. The molecule has 4 aromatic rings. The molecular formula is C21H17Cl2FN4O. The van der Waals surface area contributed by atoms with Gasteiger partial charge in [0.15, 0.2) is 0 Å². The zero-order chi connectivity index (χ0) is 20.7. The van der Waals surface area contributed by atoms with E-state index in [4.69, 9.17) is 23.2 Å². The van der Waals surface area contributed by atoms with Crippen LogP contribution >= 0.6 is 23.2 Å². The maximum atomic E-state index is 13.3. The molecule has 2 aromatic heterocycles. The molecule has 0 atom stereocenters. The van der Waals surface area contributed by atoms with Crippen LogP contribution in [0.4, 0.5) is 4.39 Å². The van der Waals surface area contributed by atoms with Crippen LogP contribution in [0, 0.1) is 5.82 Å². The molecular weight excluding hydrogens is 414 g/mol. The van der Waals surface area contributed by atoms with Crippen molar-refractivity contribution in [3.8, 4) is 5.69 Å². The van der Waals surface area contributed by atoms with Gasteiger partial charge in [0, 0.05) is 5.39 Å². The molecule has 5 nitrogen and oxygen atoms in total. The predicted octanol–water partition coefficient (Wildman–Crippen LogP) is 5.20. The van der Waals surface area contributed by atoms with Crippen molar-refractivity contribution in [1.29, 1.82) is 0 Å². The molecule has 0 bridgehead atoms. The Morgan fingerprint density at radius 3 is 2.45 bits per heavy atom. The molecule has 2 heterocycles. The number of halogens is 3. The second-order valence-electron chi connectivity index (χ2n) is 7.05.